The van der Waals surface area contributed by atoms with E-state index in [9.17, 15) is 0 Å². The molecule has 70 valence electrons. The number of hydrogen-bond acceptors (Lipinski definition) is 3. The molecule has 1 rings (SSSR count). The van der Waals surface area contributed by atoms with Crippen molar-refractivity contribution in [3.63, 3.8) is 0 Å². The first-order chi connectivity index (χ1) is 6.38. The summed E-state index contributed by atoms with van der Waals surface area (Å²) in [5, 5.41) is 19.2. The highest BCUT2D eigenvalue weighted by atomic mass is 32.1. The number of rotatable bonds is 5. The fourth-order valence-corrected chi connectivity index (χ4v) is 2.22. The van der Waals surface area contributed by atoms with Crippen molar-refractivity contribution >= 4 is 11.3 Å². The normalized spacial score (nSPS) is 9.85. The maximum absolute atomic E-state index is 8.68. The van der Waals surface area contributed by atoms with Gasteiger partial charge in [-0.1, -0.05) is 0 Å². The fraction of sp³-hybridized carbons (Fsp3) is 0.500. The number of aryl methyl sites for hydroxylation is 2. The largest absolute Gasteiger partial charge is 0.396 e. The third-order valence-electron chi connectivity index (χ3n) is 1.91. The maximum atomic E-state index is 8.68. The molecule has 0 saturated carbocycles. The van der Waals surface area contributed by atoms with Gasteiger partial charge in [0.05, 0.1) is 6.07 Å². The Morgan fingerprint density at radius 3 is 3.00 bits per heavy atom. The van der Waals surface area contributed by atoms with E-state index < -0.39 is 0 Å². The third kappa shape index (κ3) is 3.17. The lowest BCUT2D eigenvalue weighted by molar-refractivity contribution is 0.289. The molecule has 0 bridgehead atoms. The van der Waals surface area contributed by atoms with Crippen LogP contribution in [0.2, 0.25) is 0 Å². The van der Waals surface area contributed by atoms with Crippen molar-refractivity contribution in [2.45, 2.75) is 25.7 Å². The monoisotopic (exact) mass is 195 g/mol. The number of hydrogen-bond donors (Lipinski definition) is 1. The molecule has 0 amide bonds. The van der Waals surface area contributed by atoms with E-state index in [0.717, 1.165) is 19.3 Å². The SMILES string of the molecule is N#CCCc1ccsc1CCCO. The molecular weight excluding hydrogens is 182 g/mol. The highest BCUT2D eigenvalue weighted by molar-refractivity contribution is 7.10. The van der Waals surface area contributed by atoms with Gasteiger partial charge in [0.25, 0.3) is 0 Å². The number of aliphatic hydroxyl groups is 1. The zero-order valence-corrected chi connectivity index (χ0v) is 8.31. The topological polar surface area (TPSA) is 44.0 Å². The van der Waals surface area contributed by atoms with E-state index in [4.69, 9.17) is 10.4 Å². The van der Waals surface area contributed by atoms with Gasteiger partial charge >= 0.3 is 0 Å². The highest BCUT2D eigenvalue weighted by Crippen LogP contribution is 2.19. The van der Waals surface area contributed by atoms with E-state index in [0.29, 0.717) is 6.42 Å². The summed E-state index contributed by atoms with van der Waals surface area (Å²) in [5.74, 6) is 0. The first-order valence-electron chi connectivity index (χ1n) is 4.41. The molecule has 0 fully saturated rings. The van der Waals surface area contributed by atoms with Gasteiger partial charge in [0.15, 0.2) is 0 Å². The molecule has 0 radical (unpaired) electrons. The molecule has 2 nitrogen and oxygen atoms in total. The van der Waals surface area contributed by atoms with Crippen LogP contribution >= 0.6 is 11.3 Å². The van der Waals surface area contributed by atoms with Crippen molar-refractivity contribution < 1.29 is 5.11 Å². The minimum absolute atomic E-state index is 0.246. The molecular formula is C10H13NOS. The average Bonchev–Trinajstić information content (AvgIpc) is 2.59. The smallest absolute Gasteiger partial charge is 0.0625 e. The Hall–Kier alpha value is -0.850. The van der Waals surface area contributed by atoms with Gasteiger partial charge in [-0.3, -0.25) is 0 Å². The summed E-state index contributed by atoms with van der Waals surface area (Å²) in [6.07, 6.45) is 3.19. The van der Waals surface area contributed by atoms with Crippen molar-refractivity contribution in [3.8, 4) is 6.07 Å². The lowest BCUT2D eigenvalue weighted by Crippen LogP contribution is -1.91. The van der Waals surface area contributed by atoms with E-state index in [1.807, 2.05) is 0 Å². The molecule has 3 heteroatoms. The lowest BCUT2D eigenvalue weighted by Gasteiger charge is -1.99. The Morgan fingerprint density at radius 2 is 2.31 bits per heavy atom. The number of thiophene rings is 1. The Balaban J connectivity index is 2.51. The summed E-state index contributed by atoms with van der Waals surface area (Å²) in [7, 11) is 0. The second kappa shape index (κ2) is 5.74. The van der Waals surface area contributed by atoms with Crippen molar-refractivity contribution in [2.75, 3.05) is 6.61 Å². The summed E-state index contributed by atoms with van der Waals surface area (Å²) in [6, 6.07) is 4.22. The Morgan fingerprint density at radius 1 is 1.46 bits per heavy atom. The van der Waals surface area contributed by atoms with E-state index in [1.54, 1.807) is 11.3 Å². The number of nitrogens with zero attached hydrogens (tertiary/aromatic N) is 1. The van der Waals surface area contributed by atoms with Crippen LogP contribution in [-0.2, 0) is 12.8 Å². The van der Waals surface area contributed by atoms with E-state index in [2.05, 4.69) is 17.5 Å². The first-order valence-corrected chi connectivity index (χ1v) is 5.29. The zero-order valence-electron chi connectivity index (χ0n) is 7.49. The van der Waals surface area contributed by atoms with Gasteiger partial charge < -0.3 is 5.11 Å². The maximum Gasteiger partial charge on any atom is 0.0625 e. The van der Waals surface area contributed by atoms with Gasteiger partial charge in [0.1, 0.15) is 0 Å². The van der Waals surface area contributed by atoms with E-state index >= 15 is 0 Å². The van der Waals surface area contributed by atoms with Crippen LogP contribution in [0.4, 0.5) is 0 Å². The Kier molecular flexibility index (Phi) is 4.52. The highest BCUT2D eigenvalue weighted by Gasteiger charge is 2.02. The van der Waals surface area contributed by atoms with Crippen LogP contribution in [0.3, 0.4) is 0 Å². The van der Waals surface area contributed by atoms with Crippen LogP contribution in [-0.4, -0.2) is 11.7 Å². The van der Waals surface area contributed by atoms with Gasteiger partial charge in [-0.25, -0.2) is 0 Å². The Bertz CT molecular complexity index is 287. The predicted octanol–water partition coefficient (Wildman–Crippen LogP) is 2.13. The lowest BCUT2D eigenvalue weighted by atomic mass is 10.1. The zero-order chi connectivity index (χ0) is 9.52. The van der Waals surface area contributed by atoms with Gasteiger partial charge in [0, 0.05) is 17.9 Å². The summed E-state index contributed by atoms with van der Waals surface area (Å²) < 4.78 is 0. The molecule has 0 aliphatic heterocycles. The summed E-state index contributed by atoms with van der Waals surface area (Å²) in [5.41, 5.74) is 1.28. The van der Waals surface area contributed by atoms with Crippen LogP contribution in [0, 0.1) is 11.3 Å². The van der Waals surface area contributed by atoms with Crippen LogP contribution in [0.1, 0.15) is 23.3 Å². The summed E-state index contributed by atoms with van der Waals surface area (Å²) in [4.78, 5) is 1.32. The Labute approximate surface area is 82.4 Å². The first kappa shape index (κ1) is 10.2. The molecule has 0 aliphatic carbocycles. The molecule has 1 aromatic rings. The quantitative estimate of drug-likeness (QED) is 0.782. The molecule has 0 saturated heterocycles. The molecule has 0 atom stereocenters. The summed E-state index contributed by atoms with van der Waals surface area (Å²) in [6.45, 7) is 0.246. The van der Waals surface area contributed by atoms with Crippen LogP contribution in [0.5, 0.6) is 0 Å². The molecule has 1 N–H and O–H groups in total. The van der Waals surface area contributed by atoms with Crippen molar-refractivity contribution in [1.29, 1.82) is 5.26 Å². The van der Waals surface area contributed by atoms with Crippen molar-refractivity contribution in [3.05, 3.63) is 21.9 Å². The van der Waals surface area contributed by atoms with Gasteiger partial charge in [0.2, 0.25) is 0 Å². The molecule has 0 unspecified atom stereocenters. The standard InChI is InChI=1S/C10H13NOS/c11-6-1-3-9-5-8-13-10(9)4-2-7-12/h5,8,12H,1-4,7H2. The fourth-order valence-electron chi connectivity index (χ4n) is 1.24. The minimum Gasteiger partial charge on any atom is -0.396 e. The second-order valence-corrected chi connectivity index (χ2v) is 3.85. The minimum atomic E-state index is 0.246. The van der Waals surface area contributed by atoms with Crippen LogP contribution in [0.25, 0.3) is 0 Å². The predicted molar refractivity (Wildman–Crippen MR) is 53.7 cm³/mol. The van der Waals surface area contributed by atoms with Crippen LogP contribution in [0.15, 0.2) is 11.4 Å². The van der Waals surface area contributed by atoms with Gasteiger partial charge in [-0.2, -0.15) is 5.26 Å². The second-order valence-electron chi connectivity index (χ2n) is 2.85. The molecule has 0 aromatic carbocycles. The average molecular weight is 195 g/mol. The van der Waals surface area contributed by atoms with E-state index in [1.165, 1.54) is 10.4 Å². The number of nitriles is 1. The van der Waals surface area contributed by atoms with Gasteiger partial charge in [-0.15, -0.1) is 11.3 Å². The summed E-state index contributed by atoms with van der Waals surface area (Å²) >= 11 is 1.72. The molecule has 0 aliphatic rings. The van der Waals surface area contributed by atoms with Crippen molar-refractivity contribution in [1.82, 2.24) is 0 Å². The van der Waals surface area contributed by atoms with Gasteiger partial charge in [-0.05, 0) is 36.3 Å². The van der Waals surface area contributed by atoms with Crippen LogP contribution < -0.4 is 0 Å². The van der Waals surface area contributed by atoms with Crippen molar-refractivity contribution in [2.24, 2.45) is 0 Å². The molecule has 13 heavy (non-hydrogen) atoms. The van der Waals surface area contributed by atoms with E-state index in [-0.39, 0.29) is 6.61 Å². The number of aliphatic hydroxyl groups excluding tert-OH is 1. The molecule has 1 heterocycles. The molecule has 1 aromatic heterocycles. The molecule has 0 spiro atoms. The third-order valence-corrected chi connectivity index (χ3v) is 2.93.